The van der Waals surface area contributed by atoms with Crippen molar-refractivity contribution in [1.29, 1.82) is 0 Å². The van der Waals surface area contributed by atoms with E-state index in [1.54, 1.807) is 6.92 Å². The number of nitrogens with zero attached hydrogens (tertiary/aromatic N) is 5. The molecule has 2 heterocycles. The molecule has 1 aliphatic heterocycles. The fraction of sp³-hybridized carbons (Fsp3) is 0.529. The Morgan fingerprint density at radius 1 is 1.29 bits per heavy atom. The number of aryl methyl sites for hydroxylation is 2. The largest absolute Gasteiger partial charge is 0.493 e. The van der Waals surface area contributed by atoms with Crippen LogP contribution >= 0.6 is 0 Å². The van der Waals surface area contributed by atoms with E-state index in [0.29, 0.717) is 18.3 Å². The summed E-state index contributed by atoms with van der Waals surface area (Å²) in [6, 6.07) is 8.06. The third kappa shape index (κ3) is 4.10. The molecule has 2 aromatic rings. The predicted molar refractivity (Wildman–Crippen MR) is 88.5 cm³/mol. The summed E-state index contributed by atoms with van der Waals surface area (Å²) < 4.78 is 7.41. The van der Waals surface area contributed by atoms with E-state index >= 15 is 0 Å². The molecule has 7 nitrogen and oxygen atoms in total. The first-order valence-corrected chi connectivity index (χ1v) is 8.32. The van der Waals surface area contributed by atoms with E-state index in [0.717, 1.165) is 31.7 Å². The molecule has 7 heteroatoms. The summed E-state index contributed by atoms with van der Waals surface area (Å²) in [5.41, 5.74) is 1.22. The van der Waals surface area contributed by atoms with Crippen molar-refractivity contribution >= 4 is 5.91 Å². The maximum absolute atomic E-state index is 12.4. The average molecular weight is 329 g/mol. The molecule has 0 radical (unpaired) electrons. The summed E-state index contributed by atoms with van der Waals surface area (Å²) in [5.74, 6) is 1.96. The number of benzene rings is 1. The van der Waals surface area contributed by atoms with Crippen molar-refractivity contribution in [2.75, 3.05) is 19.7 Å². The molecule has 3 rings (SSSR count). The number of carbonyl (C=O) groups is 1. The van der Waals surface area contributed by atoms with Gasteiger partial charge in [0.25, 0.3) is 0 Å². The van der Waals surface area contributed by atoms with Crippen LogP contribution in [-0.2, 0) is 11.3 Å². The number of amides is 1. The van der Waals surface area contributed by atoms with Gasteiger partial charge in [0.1, 0.15) is 18.1 Å². The summed E-state index contributed by atoms with van der Waals surface area (Å²) >= 11 is 0. The highest BCUT2D eigenvalue weighted by atomic mass is 16.5. The molecule has 1 saturated heterocycles. The van der Waals surface area contributed by atoms with E-state index in [-0.39, 0.29) is 12.5 Å². The van der Waals surface area contributed by atoms with E-state index in [1.807, 2.05) is 29.2 Å². The lowest BCUT2D eigenvalue weighted by Gasteiger charge is -2.32. The number of hydrogen-bond acceptors (Lipinski definition) is 5. The summed E-state index contributed by atoms with van der Waals surface area (Å²) in [6.07, 6.45) is 2.09. The van der Waals surface area contributed by atoms with Gasteiger partial charge in [-0.25, -0.2) is 4.68 Å². The van der Waals surface area contributed by atoms with Crippen LogP contribution in [0, 0.1) is 19.8 Å². The van der Waals surface area contributed by atoms with Crippen LogP contribution in [0.1, 0.15) is 24.2 Å². The average Bonchev–Trinajstić information content (AvgIpc) is 2.99. The van der Waals surface area contributed by atoms with Gasteiger partial charge in [0, 0.05) is 19.0 Å². The van der Waals surface area contributed by atoms with Gasteiger partial charge in [0.05, 0.1) is 6.61 Å². The number of rotatable bonds is 5. The van der Waals surface area contributed by atoms with Crippen LogP contribution in [0.2, 0.25) is 0 Å². The summed E-state index contributed by atoms with van der Waals surface area (Å²) in [7, 11) is 0. The van der Waals surface area contributed by atoms with Crippen molar-refractivity contribution < 1.29 is 9.53 Å². The van der Waals surface area contributed by atoms with Crippen molar-refractivity contribution in [3.05, 3.63) is 35.7 Å². The Hall–Kier alpha value is -2.44. The highest BCUT2D eigenvalue weighted by Gasteiger charge is 2.24. The standard InChI is InChI=1S/C17H23N5O2/c1-13-5-7-16(8-6-13)24-12-15-4-3-9-21(10-15)17(23)11-22-14(2)18-19-20-22/h5-8,15H,3-4,9-12H2,1-2H3. The van der Waals surface area contributed by atoms with Crippen LogP contribution in [-0.4, -0.2) is 50.7 Å². The molecule has 1 aromatic carbocycles. The van der Waals surface area contributed by atoms with Crippen LogP contribution in [0.3, 0.4) is 0 Å². The molecule has 1 amide bonds. The fourth-order valence-corrected chi connectivity index (χ4v) is 2.90. The number of carbonyl (C=O) groups excluding carboxylic acids is 1. The van der Waals surface area contributed by atoms with Crippen molar-refractivity contribution in [1.82, 2.24) is 25.1 Å². The first kappa shape index (κ1) is 16.4. The fourth-order valence-electron chi connectivity index (χ4n) is 2.90. The number of hydrogen-bond donors (Lipinski definition) is 0. The second-order valence-electron chi connectivity index (χ2n) is 6.36. The Kier molecular flexibility index (Phi) is 5.08. The quantitative estimate of drug-likeness (QED) is 0.833. The second kappa shape index (κ2) is 7.42. The van der Waals surface area contributed by atoms with Crippen molar-refractivity contribution in [3.8, 4) is 5.75 Å². The molecule has 1 unspecified atom stereocenters. The number of piperidine rings is 1. The minimum atomic E-state index is 0.0606. The van der Waals surface area contributed by atoms with Gasteiger partial charge in [-0.05, 0) is 49.2 Å². The first-order chi connectivity index (χ1) is 11.6. The number of ether oxygens (including phenoxy) is 1. The maximum Gasteiger partial charge on any atom is 0.244 e. The molecule has 1 aromatic heterocycles. The molecule has 0 aliphatic carbocycles. The highest BCUT2D eigenvalue weighted by Crippen LogP contribution is 2.19. The number of tetrazole rings is 1. The lowest BCUT2D eigenvalue weighted by atomic mass is 9.99. The summed E-state index contributed by atoms with van der Waals surface area (Å²) in [5, 5.41) is 11.2. The van der Waals surface area contributed by atoms with Gasteiger partial charge in [0.15, 0.2) is 0 Å². The molecular weight excluding hydrogens is 306 g/mol. The first-order valence-electron chi connectivity index (χ1n) is 8.32. The Bertz CT molecular complexity index is 683. The van der Waals surface area contributed by atoms with Crippen molar-refractivity contribution in [3.63, 3.8) is 0 Å². The van der Waals surface area contributed by atoms with Gasteiger partial charge in [-0.1, -0.05) is 17.7 Å². The van der Waals surface area contributed by atoms with E-state index in [9.17, 15) is 4.79 Å². The van der Waals surface area contributed by atoms with Crippen LogP contribution in [0.5, 0.6) is 5.75 Å². The zero-order valence-corrected chi connectivity index (χ0v) is 14.2. The molecule has 128 valence electrons. The Labute approximate surface area is 141 Å². The van der Waals surface area contributed by atoms with Crippen LogP contribution in [0.15, 0.2) is 24.3 Å². The van der Waals surface area contributed by atoms with Gasteiger partial charge < -0.3 is 9.64 Å². The van der Waals surface area contributed by atoms with E-state index in [4.69, 9.17) is 4.74 Å². The minimum Gasteiger partial charge on any atom is -0.493 e. The predicted octanol–water partition coefficient (Wildman–Crippen LogP) is 1.61. The molecule has 1 aliphatic rings. The summed E-state index contributed by atoms with van der Waals surface area (Å²) in [4.78, 5) is 14.3. The molecule has 1 atom stereocenters. The van der Waals surface area contributed by atoms with E-state index < -0.39 is 0 Å². The van der Waals surface area contributed by atoms with Crippen molar-refractivity contribution in [2.45, 2.75) is 33.2 Å². The molecule has 0 N–H and O–H groups in total. The van der Waals surface area contributed by atoms with Gasteiger partial charge in [0.2, 0.25) is 5.91 Å². The van der Waals surface area contributed by atoms with E-state index in [1.165, 1.54) is 10.2 Å². The van der Waals surface area contributed by atoms with Crippen molar-refractivity contribution in [2.24, 2.45) is 5.92 Å². The smallest absolute Gasteiger partial charge is 0.244 e. The lowest BCUT2D eigenvalue weighted by molar-refractivity contribution is -0.134. The minimum absolute atomic E-state index is 0.0606. The number of aromatic nitrogens is 4. The topological polar surface area (TPSA) is 73.1 Å². The normalized spacial score (nSPS) is 17.8. The second-order valence-corrected chi connectivity index (χ2v) is 6.36. The zero-order valence-electron chi connectivity index (χ0n) is 14.2. The van der Waals surface area contributed by atoms with E-state index in [2.05, 4.69) is 22.4 Å². The van der Waals surface area contributed by atoms with Gasteiger partial charge in [-0.2, -0.15) is 0 Å². The monoisotopic (exact) mass is 329 g/mol. The molecular formula is C17H23N5O2. The number of likely N-dealkylation sites (tertiary alicyclic amines) is 1. The molecule has 0 saturated carbocycles. The zero-order chi connectivity index (χ0) is 16.9. The molecule has 0 spiro atoms. The Morgan fingerprint density at radius 2 is 2.08 bits per heavy atom. The molecule has 0 bridgehead atoms. The third-order valence-corrected chi connectivity index (χ3v) is 4.37. The molecule has 24 heavy (non-hydrogen) atoms. The van der Waals surface area contributed by atoms with Crippen LogP contribution in [0.25, 0.3) is 0 Å². The highest BCUT2D eigenvalue weighted by molar-refractivity contribution is 5.76. The third-order valence-electron chi connectivity index (χ3n) is 4.37. The SMILES string of the molecule is Cc1ccc(OCC2CCCN(C(=O)Cn3nnnc3C)C2)cc1. The van der Waals surface area contributed by atoms with Gasteiger partial charge in [-0.15, -0.1) is 5.10 Å². The maximum atomic E-state index is 12.4. The Balaban J connectivity index is 1.51. The lowest BCUT2D eigenvalue weighted by Crippen LogP contribution is -2.43. The summed E-state index contributed by atoms with van der Waals surface area (Å²) in [6.45, 7) is 6.20. The van der Waals surface area contributed by atoms with Crippen LogP contribution < -0.4 is 4.74 Å². The molecule has 1 fully saturated rings. The van der Waals surface area contributed by atoms with Gasteiger partial charge >= 0.3 is 0 Å². The van der Waals surface area contributed by atoms with Crippen LogP contribution in [0.4, 0.5) is 0 Å². The Morgan fingerprint density at radius 3 is 2.79 bits per heavy atom. The van der Waals surface area contributed by atoms with Gasteiger partial charge in [-0.3, -0.25) is 4.79 Å².